The number of rotatable bonds is 0. The normalized spacial score (nSPS) is 17.2. The summed E-state index contributed by atoms with van der Waals surface area (Å²) in [5, 5.41) is 0. The molecule has 1 aromatic rings. The van der Waals surface area contributed by atoms with Gasteiger partial charge in [-0.25, -0.2) is 0 Å². The Labute approximate surface area is 101 Å². The molecule has 17 heavy (non-hydrogen) atoms. The topological polar surface area (TPSA) is 53.5 Å². The van der Waals surface area contributed by atoms with E-state index >= 15 is 0 Å². The Kier molecular flexibility index (Phi) is 3.84. The van der Waals surface area contributed by atoms with E-state index < -0.39 is 0 Å². The van der Waals surface area contributed by atoms with Gasteiger partial charge >= 0.3 is 5.71 Å². The van der Waals surface area contributed by atoms with Crippen molar-refractivity contribution in [3.05, 3.63) is 40.9 Å². The van der Waals surface area contributed by atoms with Gasteiger partial charge in [0.05, 0.1) is 6.42 Å². The van der Waals surface area contributed by atoms with Gasteiger partial charge in [-0.15, -0.1) is 0 Å². The fraction of sp³-hybridized carbons (Fsp3) is 0.429. The van der Waals surface area contributed by atoms with E-state index in [4.69, 9.17) is 5.53 Å². The van der Waals surface area contributed by atoms with E-state index in [-0.39, 0.29) is 5.78 Å². The number of carbonyl (C=O) groups is 1. The molecular formula is C14H16N2O. The molecule has 0 amide bonds. The Hall–Kier alpha value is -1.73. The minimum atomic E-state index is -0.0116. The number of ketones is 1. The molecule has 0 unspecified atom stereocenters. The van der Waals surface area contributed by atoms with Gasteiger partial charge in [0.1, 0.15) is 0 Å². The molecular weight excluding hydrogens is 212 g/mol. The van der Waals surface area contributed by atoms with Gasteiger partial charge in [0.15, 0.2) is 0 Å². The molecule has 3 nitrogen and oxygen atoms in total. The summed E-state index contributed by atoms with van der Waals surface area (Å²) in [5.41, 5.74) is 11.7. The van der Waals surface area contributed by atoms with Gasteiger partial charge < -0.3 is 5.53 Å². The lowest BCUT2D eigenvalue weighted by Gasteiger charge is -2.05. The van der Waals surface area contributed by atoms with Crippen LogP contribution >= 0.6 is 0 Å². The molecule has 0 aromatic heterocycles. The highest BCUT2D eigenvalue weighted by atomic mass is 16.1. The zero-order valence-corrected chi connectivity index (χ0v) is 9.85. The molecule has 0 fully saturated rings. The van der Waals surface area contributed by atoms with Crippen LogP contribution in [-0.2, 0) is 17.6 Å². The molecule has 0 saturated carbocycles. The van der Waals surface area contributed by atoms with Gasteiger partial charge in [0, 0.05) is 6.42 Å². The number of fused-ring (bicyclic) bond motifs is 9. The second-order valence-electron chi connectivity index (χ2n) is 4.49. The average Bonchev–Trinajstić information content (AvgIpc) is 2.35. The lowest BCUT2D eigenvalue weighted by Crippen LogP contribution is -2.16. The van der Waals surface area contributed by atoms with Crippen LogP contribution in [0.5, 0.6) is 0 Å². The lowest BCUT2D eigenvalue weighted by molar-refractivity contribution is -0.117. The Balaban J connectivity index is 2.20. The highest BCUT2D eigenvalue weighted by Crippen LogP contribution is 2.13. The second kappa shape index (κ2) is 5.55. The summed E-state index contributed by atoms with van der Waals surface area (Å²) in [7, 11) is 0. The first-order chi connectivity index (χ1) is 8.29. The molecule has 0 atom stereocenters. The summed E-state index contributed by atoms with van der Waals surface area (Å²) in [6.45, 7) is 0. The van der Waals surface area contributed by atoms with E-state index in [0.29, 0.717) is 18.6 Å². The van der Waals surface area contributed by atoms with Crippen molar-refractivity contribution in [3.63, 3.8) is 0 Å². The van der Waals surface area contributed by atoms with Crippen LogP contribution in [0.3, 0.4) is 0 Å². The van der Waals surface area contributed by atoms with Gasteiger partial charge in [-0.3, -0.25) is 4.79 Å². The van der Waals surface area contributed by atoms with E-state index in [0.717, 1.165) is 25.7 Å². The molecule has 3 heteroatoms. The first-order valence-corrected chi connectivity index (χ1v) is 6.11. The summed E-state index contributed by atoms with van der Waals surface area (Å²) in [6, 6.07) is 8.48. The molecule has 0 spiro atoms. The fourth-order valence-electron chi connectivity index (χ4n) is 2.14. The van der Waals surface area contributed by atoms with Gasteiger partial charge in [0.2, 0.25) is 5.78 Å². The standard InChI is InChI=1S/C14H16N2O/c15-16-13-10-9-12-7-5-11(6-8-12)3-1-2-4-14(13)17/h5-8H,1-4,9-10H2. The van der Waals surface area contributed by atoms with Crippen LogP contribution in [0.25, 0.3) is 5.53 Å². The summed E-state index contributed by atoms with van der Waals surface area (Å²) in [6.07, 6.45) is 4.65. The third-order valence-corrected chi connectivity index (χ3v) is 3.24. The van der Waals surface area contributed by atoms with E-state index in [1.807, 2.05) is 0 Å². The van der Waals surface area contributed by atoms with Gasteiger partial charge in [0.25, 0.3) is 0 Å². The van der Waals surface area contributed by atoms with Crippen LogP contribution in [0, 0.1) is 0 Å². The average molecular weight is 228 g/mol. The predicted molar refractivity (Wildman–Crippen MR) is 66.0 cm³/mol. The molecule has 0 saturated heterocycles. The van der Waals surface area contributed by atoms with Crippen LogP contribution in [-0.4, -0.2) is 16.3 Å². The highest BCUT2D eigenvalue weighted by Gasteiger charge is 2.19. The molecule has 2 aliphatic carbocycles. The Morgan fingerprint density at radius 3 is 2.12 bits per heavy atom. The summed E-state index contributed by atoms with van der Waals surface area (Å²) in [4.78, 5) is 14.9. The van der Waals surface area contributed by atoms with Crippen molar-refractivity contribution in [2.24, 2.45) is 0 Å². The van der Waals surface area contributed by atoms with Crippen molar-refractivity contribution in [1.82, 2.24) is 0 Å². The van der Waals surface area contributed by atoms with E-state index in [9.17, 15) is 4.79 Å². The molecule has 0 radical (unpaired) electrons. The number of Topliss-reactive ketones (excluding diaryl/α,β-unsaturated/α-hetero) is 1. The maximum absolute atomic E-state index is 11.7. The molecule has 3 rings (SSSR count). The van der Waals surface area contributed by atoms with Gasteiger partial charge in [-0.2, -0.15) is 4.79 Å². The predicted octanol–water partition coefficient (Wildman–Crippen LogP) is 2.59. The minimum absolute atomic E-state index is 0.0116. The third kappa shape index (κ3) is 3.11. The van der Waals surface area contributed by atoms with Gasteiger partial charge in [-0.1, -0.05) is 24.3 Å². The first-order valence-electron chi connectivity index (χ1n) is 6.11. The maximum Gasteiger partial charge on any atom is 0.334 e. The maximum atomic E-state index is 11.7. The Morgan fingerprint density at radius 2 is 1.47 bits per heavy atom. The van der Waals surface area contributed by atoms with Crippen molar-refractivity contribution in [3.8, 4) is 0 Å². The Bertz CT molecular complexity index is 456. The first kappa shape index (κ1) is 11.7. The summed E-state index contributed by atoms with van der Waals surface area (Å²) < 4.78 is 0. The molecule has 2 aliphatic rings. The van der Waals surface area contributed by atoms with Crippen molar-refractivity contribution in [2.45, 2.75) is 38.5 Å². The zero-order chi connectivity index (χ0) is 12.1. The monoisotopic (exact) mass is 228 g/mol. The van der Waals surface area contributed by atoms with Crippen molar-refractivity contribution >= 4 is 11.5 Å². The number of carbonyl (C=O) groups excluding carboxylic acids is 1. The van der Waals surface area contributed by atoms with E-state index in [2.05, 4.69) is 29.1 Å². The quantitative estimate of drug-likeness (QED) is 0.497. The summed E-state index contributed by atoms with van der Waals surface area (Å²) >= 11 is 0. The van der Waals surface area contributed by atoms with Crippen LogP contribution in [0.2, 0.25) is 0 Å². The molecule has 1 aromatic carbocycles. The highest BCUT2D eigenvalue weighted by molar-refractivity contribution is 6.37. The number of hydrogen-bond donors (Lipinski definition) is 0. The molecule has 0 heterocycles. The smallest absolute Gasteiger partial charge is 0.334 e. The molecule has 0 N–H and O–H groups in total. The Morgan fingerprint density at radius 1 is 0.882 bits per heavy atom. The van der Waals surface area contributed by atoms with Crippen molar-refractivity contribution in [1.29, 1.82) is 0 Å². The summed E-state index contributed by atoms with van der Waals surface area (Å²) in [5.74, 6) is -0.0116. The largest absolute Gasteiger partial charge is 0.361 e. The molecule has 0 aliphatic heterocycles. The van der Waals surface area contributed by atoms with Crippen LogP contribution in [0.4, 0.5) is 0 Å². The van der Waals surface area contributed by atoms with Crippen LogP contribution in [0.15, 0.2) is 24.3 Å². The molecule has 2 bridgehead atoms. The third-order valence-electron chi connectivity index (χ3n) is 3.24. The van der Waals surface area contributed by atoms with Crippen LogP contribution < -0.4 is 0 Å². The number of benzene rings is 1. The minimum Gasteiger partial charge on any atom is -0.361 e. The van der Waals surface area contributed by atoms with E-state index in [1.165, 1.54) is 11.1 Å². The van der Waals surface area contributed by atoms with Crippen LogP contribution in [0.1, 0.15) is 36.8 Å². The SMILES string of the molecule is [N-]=[N+]=C1CCc2ccc(cc2)CCCCC1=O. The molecule has 88 valence electrons. The van der Waals surface area contributed by atoms with Crippen molar-refractivity contribution in [2.75, 3.05) is 0 Å². The van der Waals surface area contributed by atoms with E-state index in [1.54, 1.807) is 0 Å². The zero-order valence-electron chi connectivity index (χ0n) is 9.85. The number of aryl methyl sites for hydroxylation is 2. The van der Waals surface area contributed by atoms with Gasteiger partial charge in [-0.05, 0) is 36.8 Å². The number of nitrogens with zero attached hydrogens (tertiary/aromatic N) is 2. The van der Waals surface area contributed by atoms with Crippen molar-refractivity contribution < 1.29 is 9.58 Å². The second-order valence-corrected chi connectivity index (χ2v) is 4.49. The number of hydrogen-bond acceptors (Lipinski definition) is 1. The lowest BCUT2D eigenvalue weighted by atomic mass is 9.97. The fourth-order valence-corrected chi connectivity index (χ4v) is 2.14.